The van der Waals surface area contributed by atoms with Crippen LogP contribution in [0.25, 0.3) is 10.9 Å². The number of para-hydroxylation sites is 1. The second-order valence-electron chi connectivity index (χ2n) is 3.06. The third kappa shape index (κ3) is 2.06. The van der Waals surface area contributed by atoms with Crippen molar-refractivity contribution in [2.45, 2.75) is 6.42 Å². The Kier molecular flexibility index (Phi) is 2.57. The van der Waals surface area contributed by atoms with Crippen LogP contribution in [0.3, 0.4) is 0 Å². The summed E-state index contributed by atoms with van der Waals surface area (Å²) in [6, 6.07) is 8.01. The molecule has 1 saturated heterocycles. The van der Waals surface area contributed by atoms with Gasteiger partial charge in [-0.1, -0.05) is 18.2 Å². The van der Waals surface area contributed by atoms with Crippen molar-refractivity contribution in [2.24, 2.45) is 0 Å². The maximum atomic E-state index is 3.88. The molecule has 0 saturated carbocycles. The Morgan fingerprint density at radius 1 is 1.15 bits per heavy atom. The number of nitrogens with one attached hydrogen (secondary N) is 2. The molecular weight excluding hydrogens is 162 g/mol. The lowest BCUT2D eigenvalue weighted by molar-refractivity contribution is 0.527. The molecule has 3 nitrogen and oxygen atoms in total. The van der Waals surface area contributed by atoms with E-state index in [9.17, 15) is 0 Å². The smallest absolute Gasteiger partial charge is 0.0650 e. The predicted octanol–water partition coefficient (Wildman–Crippen LogP) is 1.54. The van der Waals surface area contributed by atoms with Gasteiger partial charge in [-0.25, -0.2) is 0 Å². The molecule has 1 aromatic carbocycles. The SMILES string of the molecule is C1CNC1.c1ccc2[nH]ncc2c1. The van der Waals surface area contributed by atoms with Crippen LogP contribution in [0.2, 0.25) is 0 Å². The van der Waals surface area contributed by atoms with E-state index in [2.05, 4.69) is 15.5 Å². The van der Waals surface area contributed by atoms with Gasteiger partial charge < -0.3 is 5.32 Å². The summed E-state index contributed by atoms with van der Waals surface area (Å²) in [6.45, 7) is 2.50. The highest BCUT2D eigenvalue weighted by Crippen LogP contribution is 2.06. The van der Waals surface area contributed by atoms with E-state index in [0.29, 0.717) is 0 Å². The van der Waals surface area contributed by atoms with Gasteiger partial charge in [0.15, 0.2) is 0 Å². The largest absolute Gasteiger partial charge is 0.317 e. The minimum atomic E-state index is 1.09. The van der Waals surface area contributed by atoms with Crippen LogP contribution < -0.4 is 5.32 Å². The summed E-state index contributed by atoms with van der Waals surface area (Å²) in [5.41, 5.74) is 1.09. The van der Waals surface area contributed by atoms with Crippen molar-refractivity contribution in [1.29, 1.82) is 0 Å². The number of hydrogen-bond donors (Lipinski definition) is 2. The first-order chi connectivity index (χ1) is 6.47. The van der Waals surface area contributed by atoms with Gasteiger partial charge in [0.25, 0.3) is 0 Å². The fourth-order valence-electron chi connectivity index (χ4n) is 1.06. The van der Waals surface area contributed by atoms with Gasteiger partial charge in [-0.3, -0.25) is 5.10 Å². The number of benzene rings is 1. The van der Waals surface area contributed by atoms with Gasteiger partial charge in [0.05, 0.1) is 11.7 Å². The molecule has 68 valence electrons. The van der Waals surface area contributed by atoms with Gasteiger partial charge in [-0.2, -0.15) is 5.10 Å². The highest BCUT2D eigenvalue weighted by Gasteiger charge is 1.92. The lowest BCUT2D eigenvalue weighted by Crippen LogP contribution is -2.29. The van der Waals surface area contributed by atoms with Crippen molar-refractivity contribution >= 4 is 10.9 Å². The Balaban J connectivity index is 0.000000137. The molecule has 2 aromatic rings. The standard InChI is InChI=1S/C7H6N2.C3H7N/c1-2-4-7-6(3-1)5-8-9-7;1-2-4-3-1/h1-5H,(H,8,9);4H,1-3H2. The van der Waals surface area contributed by atoms with Gasteiger partial charge in [0.2, 0.25) is 0 Å². The molecule has 3 heteroatoms. The average molecular weight is 175 g/mol. The highest BCUT2D eigenvalue weighted by molar-refractivity contribution is 5.77. The first kappa shape index (κ1) is 8.26. The molecule has 1 aliphatic rings. The monoisotopic (exact) mass is 175 g/mol. The van der Waals surface area contributed by atoms with E-state index in [-0.39, 0.29) is 0 Å². The zero-order valence-corrected chi connectivity index (χ0v) is 7.46. The number of aromatic amines is 1. The number of hydrogen-bond acceptors (Lipinski definition) is 2. The molecule has 3 rings (SSSR count). The van der Waals surface area contributed by atoms with Gasteiger partial charge in [0.1, 0.15) is 0 Å². The van der Waals surface area contributed by atoms with Crippen LogP contribution in [0.4, 0.5) is 0 Å². The van der Waals surface area contributed by atoms with Gasteiger partial charge in [-0.15, -0.1) is 0 Å². The van der Waals surface area contributed by atoms with Crippen molar-refractivity contribution < 1.29 is 0 Å². The van der Waals surface area contributed by atoms with Crippen LogP contribution in [-0.2, 0) is 0 Å². The van der Waals surface area contributed by atoms with Crippen LogP contribution in [0, 0.1) is 0 Å². The van der Waals surface area contributed by atoms with Gasteiger partial charge in [-0.05, 0) is 25.6 Å². The summed E-state index contributed by atoms with van der Waals surface area (Å²) in [6.07, 6.45) is 3.20. The van der Waals surface area contributed by atoms with Crippen molar-refractivity contribution in [3.8, 4) is 0 Å². The topological polar surface area (TPSA) is 40.7 Å². The van der Waals surface area contributed by atoms with Crippen molar-refractivity contribution in [3.05, 3.63) is 30.5 Å². The minimum Gasteiger partial charge on any atom is -0.317 e. The zero-order valence-electron chi connectivity index (χ0n) is 7.46. The van der Waals surface area contributed by atoms with E-state index in [1.807, 2.05) is 30.5 Å². The molecule has 0 spiro atoms. The number of aromatic nitrogens is 2. The average Bonchev–Trinajstić information content (AvgIpc) is 2.47. The van der Waals surface area contributed by atoms with Crippen LogP contribution in [-0.4, -0.2) is 23.3 Å². The fourth-order valence-corrected chi connectivity index (χ4v) is 1.06. The highest BCUT2D eigenvalue weighted by atomic mass is 15.1. The number of H-pyrrole nitrogens is 1. The Hall–Kier alpha value is -1.35. The van der Waals surface area contributed by atoms with Gasteiger partial charge in [0, 0.05) is 5.39 Å². The maximum absolute atomic E-state index is 3.88. The Morgan fingerprint density at radius 2 is 1.85 bits per heavy atom. The first-order valence-corrected chi connectivity index (χ1v) is 4.55. The Labute approximate surface area is 77.2 Å². The van der Waals surface area contributed by atoms with Crippen molar-refractivity contribution in [2.75, 3.05) is 13.1 Å². The third-order valence-corrected chi connectivity index (χ3v) is 2.06. The van der Waals surface area contributed by atoms with Crippen LogP contribution in [0.15, 0.2) is 30.5 Å². The molecule has 2 heterocycles. The third-order valence-electron chi connectivity index (χ3n) is 2.06. The summed E-state index contributed by atoms with van der Waals surface area (Å²) < 4.78 is 0. The lowest BCUT2D eigenvalue weighted by Gasteiger charge is -2.09. The number of nitrogens with zero attached hydrogens (tertiary/aromatic N) is 1. The second-order valence-corrected chi connectivity index (χ2v) is 3.06. The molecule has 1 aliphatic heterocycles. The van der Waals surface area contributed by atoms with E-state index in [1.165, 1.54) is 19.5 Å². The lowest BCUT2D eigenvalue weighted by atomic mass is 10.3. The predicted molar refractivity (Wildman–Crippen MR) is 53.6 cm³/mol. The molecule has 2 N–H and O–H groups in total. The van der Waals surface area contributed by atoms with E-state index in [1.54, 1.807) is 0 Å². The quantitative estimate of drug-likeness (QED) is 0.637. The summed E-state index contributed by atoms with van der Waals surface area (Å²) >= 11 is 0. The van der Waals surface area contributed by atoms with Crippen molar-refractivity contribution in [3.63, 3.8) is 0 Å². The fraction of sp³-hybridized carbons (Fsp3) is 0.300. The van der Waals surface area contributed by atoms with Crippen LogP contribution >= 0.6 is 0 Å². The van der Waals surface area contributed by atoms with Gasteiger partial charge >= 0.3 is 0 Å². The van der Waals surface area contributed by atoms with E-state index < -0.39 is 0 Å². The van der Waals surface area contributed by atoms with Crippen molar-refractivity contribution in [1.82, 2.24) is 15.5 Å². The summed E-state index contributed by atoms with van der Waals surface area (Å²) in [5.74, 6) is 0. The number of rotatable bonds is 0. The van der Waals surface area contributed by atoms with Crippen LogP contribution in [0.5, 0.6) is 0 Å². The molecule has 0 aliphatic carbocycles. The molecule has 0 bridgehead atoms. The molecule has 0 atom stereocenters. The Bertz CT molecular complexity index is 329. The molecule has 0 unspecified atom stereocenters. The normalized spacial score (nSPS) is 14.5. The molecule has 1 aromatic heterocycles. The van der Waals surface area contributed by atoms with E-state index >= 15 is 0 Å². The molecule has 0 amide bonds. The van der Waals surface area contributed by atoms with E-state index in [4.69, 9.17) is 0 Å². The summed E-state index contributed by atoms with van der Waals surface area (Å²) in [4.78, 5) is 0. The molecule has 0 radical (unpaired) electrons. The van der Waals surface area contributed by atoms with E-state index in [0.717, 1.165) is 10.9 Å². The molecular formula is C10H13N3. The molecule has 13 heavy (non-hydrogen) atoms. The molecule has 1 fully saturated rings. The first-order valence-electron chi connectivity index (χ1n) is 4.55. The zero-order chi connectivity index (χ0) is 8.93. The summed E-state index contributed by atoms with van der Waals surface area (Å²) in [7, 11) is 0. The van der Waals surface area contributed by atoms with Crippen LogP contribution in [0.1, 0.15) is 6.42 Å². The number of fused-ring (bicyclic) bond motifs is 1. The second kappa shape index (κ2) is 4.05. The minimum absolute atomic E-state index is 1.09. The summed E-state index contributed by atoms with van der Waals surface area (Å²) in [5, 5.41) is 11.0. The maximum Gasteiger partial charge on any atom is 0.0650 e. The Morgan fingerprint density at radius 3 is 2.46 bits per heavy atom.